The number of aryl methyl sites for hydroxylation is 2. The summed E-state index contributed by atoms with van der Waals surface area (Å²) >= 11 is 0. The highest BCUT2D eigenvalue weighted by Crippen LogP contribution is 2.21. The smallest absolute Gasteiger partial charge is 0.248 e. The van der Waals surface area contributed by atoms with Crippen molar-refractivity contribution < 1.29 is 4.79 Å². The quantitative estimate of drug-likeness (QED) is 0.436. The van der Waals surface area contributed by atoms with Crippen molar-refractivity contribution in [3.63, 3.8) is 0 Å². The second kappa shape index (κ2) is 10.0. The summed E-state index contributed by atoms with van der Waals surface area (Å²) in [7, 11) is 0. The number of hydrogen-bond donors (Lipinski definition) is 1. The van der Waals surface area contributed by atoms with Crippen molar-refractivity contribution in [2.45, 2.75) is 13.8 Å². The van der Waals surface area contributed by atoms with Crippen LogP contribution in [0.2, 0.25) is 0 Å². The first-order valence-electron chi connectivity index (χ1n) is 10.0. The molecule has 0 fully saturated rings. The van der Waals surface area contributed by atoms with Gasteiger partial charge in [0.25, 0.3) is 0 Å². The Labute approximate surface area is 183 Å². The molecule has 0 aliphatic rings. The Morgan fingerprint density at radius 1 is 0.677 bits per heavy atom. The molecule has 3 heteroatoms. The highest BCUT2D eigenvalue weighted by atomic mass is 16.1. The predicted octanol–water partition coefficient (Wildman–Crippen LogP) is 6.29. The minimum Gasteiger partial charge on any atom is -0.366 e. The minimum atomic E-state index is -0.394. The minimum absolute atomic E-state index is 0.394. The van der Waals surface area contributed by atoms with Gasteiger partial charge >= 0.3 is 0 Å². The number of amides is 1. The third-order valence-electron chi connectivity index (χ3n) is 4.91. The van der Waals surface area contributed by atoms with Gasteiger partial charge < -0.3 is 5.73 Å². The van der Waals surface area contributed by atoms with Gasteiger partial charge in [0.05, 0.1) is 11.6 Å². The summed E-state index contributed by atoms with van der Waals surface area (Å²) < 4.78 is 0. The molecule has 0 aliphatic carbocycles. The molecule has 1 amide bonds. The maximum atomic E-state index is 11.1. The normalized spacial score (nSPS) is 9.84. The Morgan fingerprint density at radius 3 is 1.65 bits per heavy atom. The van der Waals surface area contributed by atoms with Crippen molar-refractivity contribution >= 4 is 5.91 Å². The Balaban J connectivity index is 0.000000176. The summed E-state index contributed by atoms with van der Waals surface area (Å²) in [5, 5.41) is 8.80. The molecule has 0 atom stereocenters. The van der Waals surface area contributed by atoms with Crippen LogP contribution in [0.25, 0.3) is 22.3 Å². The Hall–Kier alpha value is -4.16. The van der Waals surface area contributed by atoms with Crippen LogP contribution in [0.15, 0.2) is 97.1 Å². The number of rotatable bonds is 3. The predicted molar refractivity (Wildman–Crippen MR) is 126 cm³/mol. The molecule has 0 heterocycles. The van der Waals surface area contributed by atoms with Gasteiger partial charge in [0, 0.05) is 5.56 Å². The number of benzene rings is 4. The van der Waals surface area contributed by atoms with Crippen molar-refractivity contribution in [1.82, 2.24) is 0 Å². The van der Waals surface area contributed by atoms with Gasteiger partial charge in [0.1, 0.15) is 0 Å². The van der Waals surface area contributed by atoms with Crippen LogP contribution in [-0.4, -0.2) is 5.91 Å². The van der Waals surface area contributed by atoms with Crippen molar-refractivity contribution in [2.24, 2.45) is 5.73 Å². The molecule has 0 saturated carbocycles. The number of nitrogens with two attached hydrogens (primary N) is 1. The molecule has 4 aromatic rings. The lowest BCUT2D eigenvalue weighted by Gasteiger charge is -2.03. The molecule has 152 valence electrons. The lowest BCUT2D eigenvalue weighted by atomic mass is 10.0. The summed E-state index contributed by atoms with van der Waals surface area (Å²) in [4.78, 5) is 11.1. The number of carbonyl (C=O) groups is 1. The van der Waals surface area contributed by atoms with E-state index in [2.05, 4.69) is 37.3 Å². The maximum Gasteiger partial charge on any atom is 0.248 e. The third-order valence-corrected chi connectivity index (χ3v) is 4.91. The van der Waals surface area contributed by atoms with Crippen molar-refractivity contribution in [3.8, 4) is 28.3 Å². The number of primary amides is 1. The zero-order valence-corrected chi connectivity index (χ0v) is 17.7. The molecule has 2 N–H and O–H groups in total. The molecule has 0 aromatic heterocycles. The summed E-state index contributed by atoms with van der Waals surface area (Å²) in [6.45, 7) is 4.11. The lowest BCUT2D eigenvalue weighted by Crippen LogP contribution is -2.10. The first-order chi connectivity index (χ1) is 15.0. The molecule has 0 bridgehead atoms. The SMILES string of the molecule is Cc1ccc(-c2cccc(C#N)c2)cc1.Cc1ccc(-c2cccc(C(N)=O)c2)cc1. The monoisotopic (exact) mass is 404 g/mol. The van der Waals surface area contributed by atoms with Crippen LogP contribution in [-0.2, 0) is 0 Å². The number of carbonyl (C=O) groups excluding carboxylic acids is 1. The zero-order chi connectivity index (χ0) is 22.2. The van der Waals surface area contributed by atoms with Crippen LogP contribution in [0, 0.1) is 25.2 Å². The molecule has 4 aromatic carbocycles. The van der Waals surface area contributed by atoms with Gasteiger partial charge in [-0.05, 0) is 60.4 Å². The topological polar surface area (TPSA) is 66.9 Å². The van der Waals surface area contributed by atoms with Gasteiger partial charge in [-0.2, -0.15) is 5.26 Å². The van der Waals surface area contributed by atoms with Gasteiger partial charge in [-0.1, -0.05) is 83.9 Å². The fourth-order valence-corrected chi connectivity index (χ4v) is 3.11. The van der Waals surface area contributed by atoms with E-state index in [4.69, 9.17) is 11.0 Å². The highest BCUT2D eigenvalue weighted by molar-refractivity contribution is 5.94. The molecule has 3 nitrogen and oxygen atoms in total. The molecule has 0 aliphatic heterocycles. The van der Waals surface area contributed by atoms with Crippen molar-refractivity contribution in [2.75, 3.05) is 0 Å². The number of nitriles is 1. The molecule has 0 spiro atoms. The first-order valence-corrected chi connectivity index (χ1v) is 10.0. The Kier molecular flexibility index (Phi) is 6.98. The van der Waals surface area contributed by atoms with Crippen molar-refractivity contribution in [3.05, 3.63) is 119 Å². The van der Waals surface area contributed by atoms with Crippen LogP contribution >= 0.6 is 0 Å². The third kappa shape index (κ3) is 5.91. The average Bonchev–Trinajstić information content (AvgIpc) is 2.80. The summed E-state index contributed by atoms with van der Waals surface area (Å²) in [6, 6.07) is 33.6. The van der Waals surface area contributed by atoms with E-state index in [9.17, 15) is 4.79 Å². The van der Waals surface area contributed by atoms with E-state index in [1.54, 1.807) is 6.07 Å². The largest absolute Gasteiger partial charge is 0.366 e. The fourth-order valence-electron chi connectivity index (χ4n) is 3.11. The van der Waals surface area contributed by atoms with Gasteiger partial charge in [-0.25, -0.2) is 0 Å². The van der Waals surface area contributed by atoms with E-state index in [0.717, 1.165) is 22.3 Å². The number of nitrogens with zero attached hydrogens (tertiary/aromatic N) is 1. The molecule has 4 rings (SSSR count). The van der Waals surface area contributed by atoms with Crippen LogP contribution in [0.3, 0.4) is 0 Å². The second-order valence-corrected chi connectivity index (χ2v) is 7.37. The molecule has 31 heavy (non-hydrogen) atoms. The zero-order valence-electron chi connectivity index (χ0n) is 17.7. The molecular weight excluding hydrogens is 380 g/mol. The van der Waals surface area contributed by atoms with E-state index in [-0.39, 0.29) is 0 Å². The summed E-state index contributed by atoms with van der Waals surface area (Å²) in [6.07, 6.45) is 0. The highest BCUT2D eigenvalue weighted by Gasteiger charge is 2.02. The molecule has 0 saturated heterocycles. The van der Waals surface area contributed by atoms with Gasteiger partial charge in [0.2, 0.25) is 5.91 Å². The van der Waals surface area contributed by atoms with E-state index >= 15 is 0 Å². The van der Waals surface area contributed by atoms with Crippen LogP contribution in [0.5, 0.6) is 0 Å². The van der Waals surface area contributed by atoms with E-state index in [0.29, 0.717) is 11.1 Å². The Morgan fingerprint density at radius 2 is 1.16 bits per heavy atom. The summed E-state index contributed by atoms with van der Waals surface area (Å²) in [5.74, 6) is -0.394. The molecular formula is C28H24N2O. The first kappa shape index (κ1) is 21.5. The molecule has 0 radical (unpaired) electrons. The Bertz CT molecular complexity index is 1220. The van der Waals surface area contributed by atoms with E-state index in [1.165, 1.54) is 11.1 Å². The van der Waals surface area contributed by atoms with Gasteiger partial charge in [-0.15, -0.1) is 0 Å². The maximum absolute atomic E-state index is 11.1. The molecule has 0 unspecified atom stereocenters. The van der Waals surface area contributed by atoms with Crippen LogP contribution in [0.4, 0.5) is 0 Å². The van der Waals surface area contributed by atoms with Gasteiger partial charge in [0.15, 0.2) is 0 Å². The average molecular weight is 405 g/mol. The standard InChI is InChI=1S/C14H13NO.C14H11N/c1-10-5-7-11(8-6-10)12-3-2-4-13(9-12)14(15)16;1-11-5-7-13(8-6-11)14-4-2-3-12(9-14)10-15/h2-9H,1H3,(H2,15,16);2-9H,1H3. The van der Waals surface area contributed by atoms with Crippen LogP contribution in [0.1, 0.15) is 27.0 Å². The van der Waals surface area contributed by atoms with Crippen LogP contribution < -0.4 is 5.73 Å². The van der Waals surface area contributed by atoms with E-state index in [1.807, 2.05) is 73.7 Å². The number of hydrogen-bond acceptors (Lipinski definition) is 2. The van der Waals surface area contributed by atoms with Gasteiger partial charge in [-0.3, -0.25) is 4.79 Å². The fraction of sp³-hybridized carbons (Fsp3) is 0.0714. The van der Waals surface area contributed by atoms with E-state index < -0.39 is 5.91 Å². The lowest BCUT2D eigenvalue weighted by molar-refractivity contribution is 0.100. The van der Waals surface area contributed by atoms with Crippen molar-refractivity contribution in [1.29, 1.82) is 5.26 Å². The summed E-state index contributed by atoms with van der Waals surface area (Å²) in [5.41, 5.74) is 13.3. The second-order valence-electron chi connectivity index (χ2n) is 7.37.